The van der Waals surface area contributed by atoms with Gasteiger partial charge >= 0.3 is 0 Å². The number of hydrogen-bond acceptors (Lipinski definition) is 9. The molecule has 5 rings (SSSR count). The molecule has 1 atom stereocenters. The highest BCUT2D eigenvalue weighted by molar-refractivity contribution is 5.68. The summed E-state index contributed by atoms with van der Waals surface area (Å²) < 4.78 is 12.9. The number of nitrogen functional groups attached to an aromatic ring is 1. The highest BCUT2D eigenvalue weighted by Crippen LogP contribution is 2.24. The number of pyridine rings is 1. The second kappa shape index (κ2) is 9.74. The standard InChI is InChI=1S/C24H22N8O2/c25-11-16-3-1-4-17(9-16)21-10-22(29-24(26)28-21)23-13-32(31-30-23)12-18-5-2-6-19(27-18)14-34-20-7-8-33-15-20/h1-6,9-10,13,20H,7-8,12,14-15H2,(H2,26,28,29)/t20-/m0/s1. The van der Waals surface area contributed by atoms with Crippen molar-refractivity contribution >= 4 is 5.95 Å². The first-order valence-electron chi connectivity index (χ1n) is 10.9. The van der Waals surface area contributed by atoms with Crippen molar-refractivity contribution in [2.45, 2.75) is 25.7 Å². The predicted octanol–water partition coefficient (Wildman–Crippen LogP) is 2.60. The lowest BCUT2D eigenvalue weighted by Gasteiger charge is -2.10. The molecule has 1 aliphatic rings. The zero-order valence-corrected chi connectivity index (χ0v) is 18.3. The molecule has 1 aromatic carbocycles. The molecule has 0 spiro atoms. The van der Waals surface area contributed by atoms with Crippen LogP contribution in [0.4, 0.5) is 5.95 Å². The van der Waals surface area contributed by atoms with E-state index < -0.39 is 0 Å². The zero-order chi connectivity index (χ0) is 23.3. The monoisotopic (exact) mass is 454 g/mol. The molecule has 0 aliphatic carbocycles. The van der Waals surface area contributed by atoms with Gasteiger partial charge in [-0.05, 0) is 36.8 Å². The van der Waals surface area contributed by atoms with E-state index in [1.54, 1.807) is 35.1 Å². The van der Waals surface area contributed by atoms with Gasteiger partial charge in [-0.3, -0.25) is 4.98 Å². The molecule has 1 fully saturated rings. The molecular formula is C24H22N8O2. The van der Waals surface area contributed by atoms with Crippen LogP contribution in [0.15, 0.2) is 54.7 Å². The van der Waals surface area contributed by atoms with Crippen LogP contribution in [0.25, 0.3) is 22.6 Å². The van der Waals surface area contributed by atoms with Crippen molar-refractivity contribution in [3.05, 3.63) is 71.7 Å². The van der Waals surface area contributed by atoms with E-state index in [0.29, 0.717) is 42.4 Å². The predicted molar refractivity (Wildman–Crippen MR) is 123 cm³/mol. The van der Waals surface area contributed by atoms with E-state index >= 15 is 0 Å². The minimum absolute atomic E-state index is 0.117. The number of hydrogen-bond donors (Lipinski definition) is 1. The smallest absolute Gasteiger partial charge is 0.221 e. The SMILES string of the molecule is N#Cc1cccc(-c2cc(-c3cn(Cc4cccc(CO[C@H]5CCOC5)n4)nn3)nc(N)n2)c1. The van der Waals surface area contributed by atoms with Crippen molar-refractivity contribution in [3.63, 3.8) is 0 Å². The van der Waals surface area contributed by atoms with Crippen molar-refractivity contribution in [2.24, 2.45) is 0 Å². The molecule has 0 radical (unpaired) electrons. The lowest BCUT2D eigenvalue weighted by atomic mass is 10.1. The van der Waals surface area contributed by atoms with E-state index in [1.807, 2.05) is 24.3 Å². The van der Waals surface area contributed by atoms with Crippen molar-refractivity contribution in [3.8, 4) is 28.7 Å². The van der Waals surface area contributed by atoms with E-state index in [2.05, 4.69) is 31.3 Å². The van der Waals surface area contributed by atoms with Gasteiger partial charge in [0.15, 0.2) is 0 Å². The molecule has 4 heterocycles. The van der Waals surface area contributed by atoms with Gasteiger partial charge in [0.05, 0.1) is 66.5 Å². The van der Waals surface area contributed by atoms with Gasteiger partial charge in [0.2, 0.25) is 5.95 Å². The Morgan fingerprint density at radius 3 is 2.76 bits per heavy atom. The first-order valence-corrected chi connectivity index (χ1v) is 10.9. The maximum Gasteiger partial charge on any atom is 0.221 e. The molecule has 2 N–H and O–H groups in total. The molecule has 170 valence electrons. The van der Waals surface area contributed by atoms with E-state index in [9.17, 15) is 5.26 Å². The number of nitrogens with two attached hydrogens (primary N) is 1. The quantitative estimate of drug-likeness (QED) is 0.446. The van der Waals surface area contributed by atoms with Gasteiger partial charge in [-0.2, -0.15) is 5.26 Å². The summed E-state index contributed by atoms with van der Waals surface area (Å²) in [4.78, 5) is 13.3. The summed E-state index contributed by atoms with van der Waals surface area (Å²) in [7, 11) is 0. The van der Waals surface area contributed by atoms with Crippen LogP contribution in [0.2, 0.25) is 0 Å². The Balaban J connectivity index is 1.32. The fourth-order valence-corrected chi connectivity index (χ4v) is 3.70. The molecule has 10 heteroatoms. The largest absolute Gasteiger partial charge is 0.379 e. The average molecular weight is 454 g/mol. The van der Waals surface area contributed by atoms with Gasteiger partial charge < -0.3 is 15.2 Å². The van der Waals surface area contributed by atoms with Crippen LogP contribution in [0.5, 0.6) is 0 Å². The molecule has 0 unspecified atom stereocenters. The third-order valence-corrected chi connectivity index (χ3v) is 5.38. The molecule has 1 saturated heterocycles. The number of nitriles is 1. The summed E-state index contributed by atoms with van der Waals surface area (Å²) in [6.07, 6.45) is 2.84. The fraction of sp³-hybridized carbons (Fsp3) is 0.250. The summed E-state index contributed by atoms with van der Waals surface area (Å²) in [5.74, 6) is 0.117. The number of aromatic nitrogens is 6. The molecule has 0 amide bonds. The summed E-state index contributed by atoms with van der Waals surface area (Å²) >= 11 is 0. The number of nitrogens with zero attached hydrogens (tertiary/aromatic N) is 7. The van der Waals surface area contributed by atoms with Crippen LogP contribution < -0.4 is 5.73 Å². The Bertz CT molecular complexity index is 1340. The van der Waals surface area contributed by atoms with E-state index in [0.717, 1.165) is 30.0 Å². The summed E-state index contributed by atoms with van der Waals surface area (Å²) in [5.41, 5.74) is 10.7. The topological polar surface area (TPSA) is 138 Å². The van der Waals surface area contributed by atoms with Crippen LogP contribution in [-0.4, -0.2) is 49.3 Å². The molecule has 10 nitrogen and oxygen atoms in total. The Labute approximate surface area is 196 Å². The fourth-order valence-electron chi connectivity index (χ4n) is 3.70. The maximum absolute atomic E-state index is 9.17. The van der Waals surface area contributed by atoms with Gasteiger partial charge in [0, 0.05) is 12.2 Å². The van der Waals surface area contributed by atoms with Crippen LogP contribution >= 0.6 is 0 Å². The highest BCUT2D eigenvalue weighted by atomic mass is 16.5. The minimum atomic E-state index is 0.117. The van der Waals surface area contributed by atoms with Gasteiger partial charge in [0.1, 0.15) is 5.69 Å². The van der Waals surface area contributed by atoms with Crippen molar-refractivity contribution < 1.29 is 9.47 Å². The second-order valence-corrected chi connectivity index (χ2v) is 7.91. The van der Waals surface area contributed by atoms with E-state index in [1.165, 1.54) is 0 Å². The third-order valence-electron chi connectivity index (χ3n) is 5.38. The van der Waals surface area contributed by atoms with E-state index in [4.69, 9.17) is 15.2 Å². The lowest BCUT2D eigenvalue weighted by molar-refractivity contribution is 0.0301. The first kappa shape index (κ1) is 21.6. The van der Waals surface area contributed by atoms with Crippen molar-refractivity contribution in [1.82, 2.24) is 29.9 Å². The summed E-state index contributed by atoms with van der Waals surface area (Å²) in [5, 5.41) is 17.6. The minimum Gasteiger partial charge on any atom is -0.379 e. The maximum atomic E-state index is 9.17. The molecular weight excluding hydrogens is 432 g/mol. The molecule has 1 aliphatic heterocycles. The number of rotatable bonds is 7. The highest BCUT2D eigenvalue weighted by Gasteiger charge is 2.16. The molecule has 3 aromatic heterocycles. The second-order valence-electron chi connectivity index (χ2n) is 7.91. The molecule has 0 bridgehead atoms. The van der Waals surface area contributed by atoms with Crippen LogP contribution in [0, 0.1) is 11.3 Å². The summed E-state index contributed by atoms with van der Waals surface area (Å²) in [6.45, 7) is 2.28. The van der Waals surface area contributed by atoms with Crippen molar-refractivity contribution in [1.29, 1.82) is 5.26 Å². The van der Waals surface area contributed by atoms with Gasteiger partial charge in [-0.15, -0.1) is 5.10 Å². The molecule has 4 aromatic rings. The average Bonchev–Trinajstić information content (AvgIpc) is 3.55. The third kappa shape index (κ3) is 5.06. The lowest BCUT2D eigenvalue weighted by Crippen LogP contribution is -2.13. The first-order chi connectivity index (χ1) is 16.7. The Morgan fingerprint density at radius 1 is 1.06 bits per heavy atom. The van der Waals surface area contributed by atoms with Crippen LogP contribution in [0.3, 0.4) is 0 Å². The zero-order valence-electron chi connectivity index (χ0n) is 18.3. The van der Waals surface area contributed by atoms with Crippen molar-refractivity contribution in [2.75, 3.05) is 18.9 Å². The Morgan fingerprint density at radius 2 is 1.91 bits per heavy atom. The van der Waals surface area contributed by atoms with Gasteiger partial charge in [0.25, 0.3) is 0 Å². The summed E-state index contributed by atoms with van der Waals surface area (Å²) in [6, 6.07) is 16.9. The van der Waals surface area contributed by atoms with Gasteiger partial charge in [-0.25, -0.2) is 14.6 Å². The van der Waals surface area contributed by atoms with Gasteiger partial charge in [-0.1, -0.05) is 23.4 Å². The number of benzene rings is 1. The Kier molecular flexibility index (Phi) is 6.20. The van der Waals surface area contributed by atoms with Crippen LogP contribution in [-0.2, 0) is 22.6 Å². The molecule has 34 heavy (non-hydrogen) atoms. The number of anilines is 1. The van der Waals surface area contributed by atoms with Crippen LogP contribution in [0.1, 0.15) is 23.4 Å². The number of ether oxygens (including phenoxy) is 2. The Hall–Kier alpha value is -4.20. The molecule has 0 saturated carbocycles. The van der Waals surface area contributed by atoms with E-state index in [-0.39, 0.29) is 12.1 Å². The normalized spacial score (nSPS) is 15.3.